The minimum absolute atomic E-state index is 0.0121. The summed E-state index contributed by atoms with van der Waals surface area (Å²) in [5.41, 5.74) is 2.91. The van der Waals surface area contributed by atoms with Gasteiger partial charge in [0.1, 0.15) is 11.3 Å². The maximum absolute atomic E-state index is 12.7. The fraction of sp³-hybridized carbons (Fsp3) is 0.222. The first-order valence-corrected chi connectivity index (χ1v) is 8.92. The molecule has 3 rings (SSSR count). The maximum atomic E-state index is 12.7. The summed E-state index contributed by atoms with van der Waals surface area (Å²) in [6.45, 7) is 4.21. The maximum Gasteiger partial charge on any atom is 0.339 e. The first kappa shape index (κ1) is 18.8. The Morgan fingerprint density at radius 3 is 2.52 bits per heavy atom. The molecule has 0 saturated carbocycles. The number of carbonyl (C=O) groups is 2. The second-order valence-corrected chi connectivity index (χ2v) is 7.04. The molecule has 9 heteroatoms. The minimum Gasteiger partial charge on any atom is -0.478 e. The van der Waals surface area contributed by atoms with Gasteiger partial charge in [-0.3, -0.25) is 14.2 Å². The van der Waals surface area contributed by atoms with Crippen LogP contribution in [0.4, 0.5) is 5.69 Å². The number of nitrogens with one attached hydrogen (secondary N) is 1. The molecule has 0 fully saturated rings. The van der Waals surface area contributed by atoms with Crippen LogP contribution in [0.3, 0.4) is 0 Å². The number of hydrogen-bond donors (Lipinski definition) is 2. The van der Waals surface area contributed by atoms with Gasteiger partial charge in [-0.25, -0.2) is 4.79 Å². The van der Waals surface area contributed by atoms with Gasteiger partial charge < -0.3 is 10.4 Å². The van der Waals surface area contributed by atoms with Crippen LogP contribution in [0.5, 0.6) is 0 Å². The van der Waals surface area contributed by atoms with E-state index in [-0.39, 0.29) is 11.3 Å². The van der Waals surface area contributed by atoms with E-state index >= 15 is 0 Å². The van der Waals surface area contributed by atoms with E-state index in [1.54, 1.807) is 11.6 Å². The lowest BCUT2D eigenvalue weighted by Gasteiger charge is -2.08. The normalized spacial score (nSPS) is 10.8. The highest BCUT2D eigenvalue weighted by molar-refractivity contribution is 9.10. The number of aromatic carboxylic acids is 1. The molecule has 0 aliphatic heterocycles. The third-order valence-corrected chi connectivity index (χ3v) is 4.78. The van der Waals surface area contributed by atoms with Crippen LogP contribution in [0.15, 0.2) is 34.9 Å². The fourth-order valence-electron chi connectivity index (χ4n) is 2.83. The van der Waals surface area contributed by atoms with Gasteiger partial charge in [0, 0.05) is 11.5 Å². The van der Waals surface area contributed by atoms with Crippen molar-refractivity contribution in [2.75, 3.05) is 5.32 Å². The second-order valence-electron chi connectivity index (χ2n) is 6.12. The number of amides is 1. The van der Waals surface area contributed by atoms with Crippen molar-refractivity contribution < 1.29 is 14.7 Å². The van der Waals surface area contributed by atoms with Gasteiger partial charge in [-0.15, -0.1) is 0 Å². The Balaban J connectivity index is 1.87. The summed E-state index contributed by atoms with van der Waals surface area (Å²) in [6, 6.07) is 7.90. The molecule has 0 aliphatic rings. The Morgan fingerprint density at radius 1 is 1.22 bits per heavy atom. The van der Waals surface area contributed by atoms with Crippen LogP contribution in [-0.4, -0.2) is 36.5 Å². The van der Waals surface area contributed by atoms with Gasteiger partial charge in [0.15, 0.2) is 0 Å². The molecule has 2 aromatic heterocycles. The zero-order chi connectivity index (χ0) is 19.7. The lowest BCUT2D eigenvalue weighted by atomic mass is 10.2. The predicted octanol–water partition coefficient (Wildman–Crippen LogP) is 2.99. The number of benzene rings is 1. The van der Waals surface area contributed by atoms with Gasteiger partial charge >= 0.3 is 5.97 Å². The first-order valence-electron chi connectivity index (χ1n) is 8.13. The molecule has 0 aliphatic carbocycles. The molecule has 27 heavy (non-hydrogen) atoms. The Labute approximate surface area is 163 Å². The molecule has 2 heterocycles. The van der Waals surface area contributed by atoms with Gasteiger partial charge in [-0.1, -0.05) is 28.1 Å². The highest BCUT2D eigenvalue weighted by Crippen LogP contribution is 2.22. The summed E-state index contributed by atoms with van der Waals surface area (Å²) in [7, 11) is 1.53. The Morgan fingerprint density at radius 2 is 1.89 bits per heavy atom. The summed E-state index contributed by atoms with van der Waals surface area (Å²) >= 11 is 3.41. The lowest BCUT2D eigenvalue weighted by Crippen LogP contribution is -2.20. The Hall–Kier alpha value is -2.94. The van der Waals surface area contributed by atoms with Gasteiger partial charge in [-0.05, 0) is 31.5 Å². The molecule has 3 aromatic rings. The Kier molecular flexibility index (Phi) is 5.13. The van der Waals surface area contributed by atoms with E-state index in [2.05, 4.69) is 31.4 Å². The van der Waals surface area contributed by atoms with Crippen molar-refractivity contribution in [1.29, 1.82) is 0 Å². The van der Waals surface area contributed by atoms with E-state index < -0.39 is 11.9 Å². The molecule has 1 amide bonds. The molecule has 2 N–H and O–H groups in total. The molecule has 0 saturated heterocycles. The topological polar surface area (TPSA) is 102 Å². The van der Waals surface area contributed by atoms with Crippen molar-refractivity contribution in [2.24, 2.45) is 7.05 Å². The number of anilines is 1. The fourth-order valence-corrected chi connectivity index (χ4v) is 3.09. The second kappa shape index (κ2) is 7.36. The van der Waals surface area contributed by atoms with Crippen LogP contribution in [0, 0.1) is 13.8 Å². The average molecular weight is 432 g/mol. The van der Waals surface area contributed by atoms with Crippen molar-refractivity contribution in [3.05, 3.63) is 63.1 Å². The Bertz CT molecular complexity index is 1020. The monoisotopic (exact) mass is 431 g/mol. The zero-order valence-corrected chi connectivity index (χ0v) is 16.6. The van der Waals surface area contributed by atoms with Crippen molar-refractivity contribution in [3.8, 4) is 0 Å². The highest BCUT2D eigenvalue weighted by atomic mass is 79.9. The standard InChI is InChI=1S/C18H18BrN5O3/c1-10-15(21-17(25)16-14(18(26)27)8-20-23(16)3)11(2)24(22-10)9-12-4-6-13(19)7-5-12/h4-8H,9H2,1-3H3,(H,21,25)(H,26,27). The first-order chi connectivity index (χ1) is 12.8. The van der Waals surface area contributed by atoms with E-state index in [4.69, 9.17) is 0 Å². The summed E-state index contributed by atoms with van der Waals surface area (Å²) in [5, 5.41) is 20.4. The van der Waals surface area contributed by atoms with Gasteiger partial charge in [-0.2, -0.15) is 10.2 Å². The number of hydrogen-bond acceptors (Lipinski definition) is 4. The minimum atomic E-state index is -1.20. The molecule has 0 radical (unpaired) electrons. The number of rotatable bonds is 5. The molecule has 1 aromatic carbocycles. The van der Waals surface area contributed by atoms with E-state index in [0.717, 1.165) is 21.9 Å². The number of halogens is 1. The lowest BCUT2D eigenvalue weighted by molar-refractivity contribution is 0.0692. The summed E-state index contributed by atoms with van der Waals surface area (Å²) in [6.07, 6.45) is 1.16. The largest absolute Gasteiger partial charge is 0.478 e. The van der Waals surface area contributed by atoms with Crippen molar-refractivity contribution in [1.82, 2.24) is 19.6 Å². The number of aromatic nitrogens is 4. The summed E-state index contributed by atoms with van der Waals surface area (Å²) < 4.78 is 4.04. The van der Waals surface area contributed by atoms with Crippen molar-refractivity contribution >= 4 is 33.5 Å². The van der Waals surface area contributed by atoms with E-state index in [9.17, 15) is 14.7 Å². The molecular weight excluding hydrogens is 414 g/mol. The smallest absolute Gasteiger partial charge is 0.339 e. The van der Waals surface area contributed by atoms with Gasteiger partial charge in [0.2, 0.25) is 0 Å². The predicted molar refractivity (Wildman–Crippen MR) is 103 cm³/mol. The van der Waals surface area contributed by atoms with E-state index in [1.165, 1.54) is 11.7 Å². The van der Waals surface area contributed by atoms with Crippen LogP contribution in [0.25, 0.3) is 0 Å². The van der Waals surface area contributed by atoms with Gasteiger partial charge in [0.05, 0.1) is 29.8 Å². The van der Waals surface area contributed by atoms with E-state index in [0.29, 0.717) is 17.9 Å². The molecule has 8 nitrogen and oxygen atoms in total. The molecule has 0 spiro atoms. The zero-order valence-electron chi connectivity index (χ0n) is 15.0. The summed E-state index contributed by atoms with van der Waals surface area (Å²) in [4.78, 5) is 24.0. The van der Waals surface area contributed by atoms with Crippen LogP contribution < -0.4 is 5.32 Å². The number of aryl methyl sites for hydroxylation is 2. The molecular formula is C18H18BrN5O3. The van der Waals surface area contributed by atoms with Crippen LogP contribution in [0.1, 0.15) is 37.8 Å². The van der Waals surface area contributed by atoms with Crippen LogP contribution >= 0.6 is 15.9 Å². The van der Waals surface area contributed by atoms with Crippen molar-refractivity contribution in [2.45, 2.75) is 20.4 Å². The molecule has 0 unspecified atom stereocenters. The number of nitrogens with zero attached hydrogens (tertiary/aromatic N) is 4. The van der Waals surface area contributed by atoms with Gasteiger partial charge in [0.25, 0.3) is 5.91 Å². The SMILES string of the molecule is Cc1nn(Cc2ccc(Br)cc2)c(C)c1NC(=O)c1c(C(=O)O)cnn1C. The van der Waals surface area contributed by atoms with E-state index in [1.807, 2.05) is 31.2 Å². The van der Waals surface area contributed by atoms with Crippen molar-refractivity contribution in [3.63, 3.8) is 0 Å². The number of carbonyl (C=O) groups excluding carboxylic acids is 1. The average Bonchev–Trinajstić information content (AvgIpc) is 3.12. The third kappa shape index (κ3) is 3.77. The highest BCUT2D eigenvalue weighted by Gasteiger charge is 2.23. The molecule has 140 valence electrons. The summed E-state index contributed by atoms with van der Waals surface area (Å²) in [5.74, 6) is -1.74. The number of carboxylic acid groups (broad SMARTS) is 1. The van der Waals surface area contributed by atoms with Crippen LogP contribution in [0.2, 0.25) is 0 Å². The van der Waals surface area contributed by atoms with Crippen LogP contribution in [-0.2, 0) is 13.6 Å². The number of carboxylic acids is 1. The quantitative estimate of drug-likeness (QED) is 0.646. The third-order valence-electron chi connectivity index (χ3n) is 4.25. The molecule has 0 atom stereocenters. The molecule has 0 bridgehead atoms.